The standard InChI is InChI=1S/C11H14BrNO4/c1-17-7-10(14)5-3-8-2-4-9(13(15)16)6-11(8)12/h2,4,6,10,14H,3,5,7H2,1H3. The number of hydrogen-bond donors (Lipinski definition) is 1. The average Bonchev–Trinajstić information content (AvgIpc) is 2.27. The summed E-state index contributed by atoms with van der Waals surface area (Å²) >= 11 is 3.29. The minimum absolute atomic E-state index is 0.0538. The average molecular weight is 304 g/mol. The maximum absolute atomic E-state index is 10.5. The van der Waals surface area contributed by atoms with Crippen LogP contribution in [-0.2, 0) is 11.2 Å². The molecule has 0 aliphatic heterocycles. The molecule has 1 aromatic rings. The lowest BCUT2D eigenvalue weighted by molar-refractivity contribution is -0.384. The van der Waals surface area contributed by atoms with Crippen LogP contribution in [0.4, 0.5) is 5.69 Å². The zero-order valence-corrected chi connectivity index (χ0v) is 11.0. The lowest BCUT2D eigenvalue weighted by Crippen LogP contribution is -2.14. The monoisotopic (exact) mass is 303 g/mol. The first-order chi connectivity index (χ1) is 8.04. The molecule has 0 aromatic heterocycles. The largest absolute Gasteiger partial charge is 0.391 e. The van der Waals surface area contributed by atoms with E-state index in [2.05, 4.69) is 15.9 Å². The van der Waals surface area contributed by atoms with Gasteiger partial charge in [-0.3, -0.25) is 10.1 Å². The number of nitro groups is 1. The van der Waals surface area contributed by atoms with Crippen LogP contribution in [-0.4, -0.2) is 29.9 Å². The van der Waals surface area contributed by atoms with Crippen LogP contribution in [0.1, 0.15) is 12.0 Å². The van der Waals surface area contributed by atoms with Gasteiger partial charge in [0.15, 0.2) is 0 Å². The van der Waals surface area contributed by atoms with Crippen LogP contribution >= 0.6 is 15.9 Å². The molecular formula is C11H14BrNO4. The van der Waals surface area contributed by atoms with Gasteiger partial charge in [0, 0.05) is 23.7 Å². The van der Waals surface area contributed by atoms with Gasteiger partial charge in [0.1, 0.15) is 0 Å². The third-order valence-electron chi connectivity index (χ3n) is 2.35. The molecule has 0 amide bonds. The Hall–Kier alpha value is -0.980. The number of benzene rings is 1. The number of rotatable bonds is 6. The van der Waals surface area contributed by atoms with Crippen LogP contribution in [0.5, 0.6) is 0 Å². The lowest BCUT2D eigenvalue weighted by atomic mass is 10.1. The van der Waals surface area contributed by atoms with Crippen molar-refractivity contribution in [1.82, 2.24) is 0 Å². The van der Waals surface area contributed by atoms with Crippen molar-refractivity contribution in [2.24, 2.45) is 0 Å². The second-order valence-corrected chi connectivity index (χ2v) is 4.53. The van der Waals surface area contributed by atoms with E-state index in [0.29, 0.717) is 23.9 Å². The summed E-state index contributed by atoms with van der Waals surface area (Å²) in [4.78, 5) is 10.1. The zero-order chi connectivity index (χ0) is 12.8. The Morgan fingerprint density at radius 2 is 2.29 bits per heavy atom. The number of ether oxygens (including phenoxy) is 1. The zero-order valence-electron chi connectivity index (χ0n) is 9.43. The summed E-state index contributed by atoms with van der Waals surface area (Å²) in [5, 5.41) is 20.0. The number of aliphatic hydroxyl groups is 1. The van der Waals surface area contributed by atoms with Crippen molar-refractivity contribution in [1.29, 1.82) is 0 Å². The van der Waals surface area contributed by atoms with E-state index in [4.69, 9.17) is 4.74 Å². The van der Waals surface area contributed by atoms with E-state index in [-0.39, 0.29) is 5.69 Å². The molecule has 1 N–H and O–H groups in total. The molecular weight excluding hydrogens is 290 g/mol. The predicted molar refractivity (Wildman–Crippen MR) is 67.0 cm³/mol. The number of hydrogen-bond acceptors (Lipinski definition) is 4. The molecule has 0 saturated heterocycles. The Morgan fingerprint density at radius 3 is 2.82 bits per heavy atom. The molecule has 0 bridgehead atoms. The Bertz CT molecular complexity index is 397. The summed E-state index contributed by atoms with van der Waals surface area (Å²) in [6.45, 7) is 0.296. The van der Waals surface area contributed by atoms with Gasteiger partial charge >= 0.3 is 0 Å². The smallest absolute Gasteiger partial charge is 0.270 e. The molecule has 1 aromatic carbocycles. The third kappa shape index (κ3) is 4.41. The maximum atomic E-state index is 10.5. The summed E-state index contributed by atoms with van der Waals surface area (Å²) < 4.78 is 5.51. The molecule has 17 heavy (non-hydrogen) atoms. The first kappa shape index (κ1) is 14.1. The molecule has 5 nitrogen and oxygen atoms in total. The fourth-order valence-electron chi connectivity index (χ4n) is 1.45. The van der Waals surface area contributed by atoms with Gasteiger partial charge in [-0.1, -0.05) is 22.0 Å². The fraction of sp³-hybridized carbons (Fsp3) is 0.455. The molecule has 1 unspecified atom stereocenters. The first-order valence-corrected chi connectivity index (χ1v) is 5.93. The first-order valence-electron chi connectivity index (χ1n) is 5.14. The van der Waals surface area contributed by atoms with Crippen molar-refractivity contribution in [2.45, 2.75) is 18.9 Å². The highest BCUT2D eigenvalue weighted by atomic mass is 79.9. The van der Waals surface area contributed by atoms with Crippen molar-refractivity contribution >= 4 is 21.6 Å². The molecule has 1 rings (SSSR count). The van der Waals surface area contributed by atoms with Crippen LogP contribution in [0.3, 0.4) is 0 Å². The van der Waals surface area contributed by atoms with E-state index in [1.807, 2.05) is 0 Å². The van der Waals surface area contributed by atoms with Gasteiger partial charge in [-0.05, 0) is 18.4 Å². The van der Waals surface area contributed by atoms with E-state index < -0.39 is 11.0 Å². The fourth-order valence-corrected chi connectivity index (χ4v) is 2.02. The van der Waals surface area contributed by atoms with Crippen LogP contribution in [0.25, 0.3) is 0 Å². The second-order valence-electron chi connectivity index (χ2n) is 3.68. The minimum atomic E-state index is -0.512. The molecule has 94 valence electrons. The van der Waals surface area contributed by atoms with Gasteiger partial charge in [0.2, 0.25) is 0 Å². The molecule has 1 atom stereocenters. The molecule has 0 radical (unpaired) electrons. The number of nitro benzene ring substituents is 1. The van der Waals surface area contributed by atoms with Gasteiger partial charge in [-0.2, -0.15) is 0 Å². The normalized spacial score (nSPS) is 12.4. The molecule has 0 aliphatic carbocycles. The van der Waals surface area contributed by atoms with E-state index in [9.17, 15) is 15.2 Å². The molecule has 0 fully saturated rings. The minimum Gasteiger partial charge on any atom is -0.391 e. The Kier molecular flexibility index (Phi) is 5.54. The van der Waals surface area contributed by atoms with Gasteiger partial charge in [0.25, 0.3) is 5.69 Å². The third-order valence-corrected chi connectivity index (χ3v) is 3.09. The number of aliphatic hydroxyl groups excluding tert-OH is 1. The lowest BCUT2D eigenvalue weighted by Gasteiger charge is -2.09. The number of aryl methyl sites for hydroxylation is 1. The van der Waals surface area contributed by atoms with E-state index in [0.717, 1.165) is 5.56 Å². The topological polar surface area (TPSA) is 72.6 Å². The number of methoxy groups -OCH3 is 1. The Balaban J connectivity index is 2.63. The quantitative estimate of drug-likeness (QED) is 0.646. The van der Waals surface area contributed by atoms with Crippen molar-refractivity contribution in [2.75, 3.05) is 13.7 Å². The molecule has 0 aliphatic rings. The van der Waals surface area contributed by atoms with Crippen molar-refractivity contribution < 1.29 is 14.8 Å². The highest BCUT2D eigenvalue weighted by molar-refractivity contribution is 9.10. The van der Waals surface area contributed by atoms with Crippen LogP contribution in [0.15, 0.2) is 22.7 Å². The van der Waals surface area contributed by atoms with Crippen molar-refractivity contribution in [3.63, 3.8) is 0 Å². The van der Waals surface area contributed by atoms with Gasteiger partial charge in [0.05, 0.1) is 17.6 Å². The van der Waals surface area contributed by atoms with Crippen molar-refractivity contribution in [3.8, 4) is 0 Å². The van der Waals surface area contributed by atoms with Crippen molar-refractivity contribution in [3.05, 3.63) is 38.3 Å². The summed E-state index contributed by atoms with van der Waals surface area (Å²) in [7, 11) is 1.53. The van der Waals surface area contributed by atoms with Gasteiger partial charge in [-0.25, -0.2) is 0 Å². The summed E-state index contributed by atoms with van der Waals surface area (Å²) in [5.41, 5.74) is 0.990. The number of halogens is 1. The highest BCUT2D eigenvalue weighted by Gasteiger charge is 2.10. The SMILES string of the molecule is COCC(O)CCc1ccc([N+](=O)[O-])cc1Br. The summed E-state index contributed by atoms with van der Waals surface area (Å²) in [6, 6.07) is 4.63. The number of nitrogens with zero attached hydrogens (tertiary/aromatic N) is 1. The molecule has 0 saturated carbocycles. The van der Waals surface area contributed by atoms with E-state index in [1.165, 1.54) is 19.2 Å². The second kappa shape index (κ2) is 6.68. The van der Waals surface area contributed by atoms with Gasteiger partial charge < -0.3 is 9.84 Å². The maximum Gasteiger partial charge on any atom is 0.270 e. The number of non-ortho nitro benzene ring substituents is 1. The van der Waals surface area contributed by atoms with E-state index in [1.54, 1.807) is 6.07 Å². The Labute approximate surface area is 108 Å². The summed E-state index contributed by atoms with van der Waals surface area (Å²) in [5.74, 6) is 0. The highest BCUT2D eigenvalue weighted by Crippen LogP contribution is 2.24. The van der Waals surface area contributed by atoms with Gasteiger partial charge in [-0.15, -0.1) is 0 Å². The van der Waals surface area contributed by atoms with Crippen LogP contribution in [0, 0.1) is 10.1 Å². The van der Waals surface area contributed by atoms with E-state index >= 15 is 0 Å². The predicted octanol–water partition coefficient (Wildman–Crippen LogP) is 2.30. The van der Waals surface area contributed by atoms with Crippen LogP contribution in [0.2, 0.25) is 0 Å². The summed E-state index contributed by atoms with van der Waals surface area (Å²) in [6.07, 6.45) is 0.690. The molecule has 6 heteroatoms. The molecule has 0 heterocycles. The van der Waals surface area contributed by atoms with Crippen LogP contribution < -0.4 is 0 Å². The Morgan fingerprint density at radius 1 is 1.59 bits per heavy atom. The molecule has 0 spiro atoms.